The lowest BCUT2D eigenvalue weighted by atomic mass is 9.95. The Morgan fingerprint density at radius 2 is 1.95 bits per heavy atom. The van der Waals surface area contributed by atoms with Crippen molar-refractivity contribution in [2.45, 2.75) is 33.2 Å². The van der Waals surface area contributed by atoms with Gasteiger partial charge in [0, 0.05) is 0 Å². The highest BCUT2D eigenvalue weighted by Gasteiger charge is 2.17. The average Bonchev–Trinajstić information content (AvgIpc) is 2.45. The Bertz CT molecular complexity index is 457. The Kier molecular flexibility index (Phi) is 6.83. The SMILES string of the molecule is C#CCNCC(=O)NC(c1ccc(CC)cc1)C(C)C. The van der Waals surface area contributed by atoms with Crippen LogP contribution in [0.1, 0.15) is 37.9 Å². The summed E-state index contributed by atoms with van der Waals surface area (Å²) in [5, 5.41) is 5.96. The van der Waals surface area contributed by atoms with Crippen LogP contribution >= 0.6 is 0 Å². The Hall–Kier alpha value is -1.79. The lowest BCUT2D eigenvalue weighted by Gasteiger charge is -2.23. The van der Waals surface area contributed by atoms with E-state index in [0.29, 0.717) is 12.5 Å². The highest BCUT2D eigenvalue weighted by atomic mass is 16.1. The molecule has 0 aliphatic carbocycles. The van der Waals surface area contributed by atoms with Crippen LogP contribution in [0.15, 0.2) is 24.3 Å². The zero-order valence-electron chi connectivity index (χ0n) is 12.6. The molecule has 0 heterocycles. The van der Waals surface area contributed by atoms with Crippen LogP contribution in [0.2, 0.25) is 0 Å². The zero-order chi connectivity index (χ0) is 15.0. The third-order valence-electron chi connectivity index (χ3n) is 3.24. The van der Waals surface area contributed by atoms with Crippen molar-refractivity contribution >= 4 is 5.91 Å². The van der Waals surface area contributed by atoms with Crippen LogP contribution in [0.4, 0.5) is 0 Å². The van der Waals surface area contributed by atoms with E-state index in [1.54, 1.807) is 0 Å². The van der Waals surface area contributed by atoms with Crippen molar-refractivity contribution < 1.29 is 4.79 Å². The van der Waals surface area contributed by atoms with Gasteiger partial charge in [0.2, 0.25) is 5.91 Å². The van der Waals surface area contributed by atoms with E-state index in [1.807, 2.05) is 0 Å². The molecule has 0 saturated carbocycles. The van der Waals surface area contributed by atoms with Gasteiger partial charge in [0.05, 0.1) is 19.1 Å². The molecule has 0 aliphatic rings. The van der Waals surface area contributed by atoms with Crippen molar-refractivity contribution in [2.75, 3.05) is 13.1 Å². The molecule has 2 N–H and O–H groups in total. The van der Waals surface area contributed by atoms with E-state index in [1.165, 1.54) is 5.56 Å². The quantitative estimate of drug-likeness (QED) is 0.590. The molecule has 1 unspecified atom stereocenters. The Balaban J connectivity index is 2.68. The van der Waals surface area contributed by atoms with E-state index < -0.39 is 0 Å². The Morgan fingerprint density at radius 3 is 2.45 bits per heavy atom. The molecule has 0 aliphatic heterocycles. The number of hydrogen-bond donors (Lipinski definition) is 2. The summed E-state index contributed by atoms with van der Waals surface area (Å²) in [6.07, 6.45) is 6.16. The van der Waals surface area contributed by atoms with Crippen molar-refractivity contribution in [1.82, 2.24) is 10.6 Å². The van der Waals surface area contributed by atoms with Crippen LogP contribution in [0, 0.1) is 18.3 Å². The number of aryl methyl sites for hydroxylation is 1. The number of terminal acetylenes is 1. The van der Waals surface area contributed by atoms with Crippen LogP contribution in [-0.2, 0) is 11.2 Å². The topological polar surface area (TPSA) is 41.1 Å². The highest BCUT2D eigenvalue weighted by Crippen LogP contribution is 2.22. The summed E-state index contributed by atoms with van der Waals surface area (Å²) in [4.78, 5) is 11.9. The number of benzene rings is 1. The summed E-state index contributed by atoms with van der Waals surface area (Å²) in [5.74, 6) is 2.76. The molecule has 1 amide bonds. The van der Waals surface area contributed by atoms with Crippen molar-refractivity contribution in [3.63, 3.8) is 0 Å². The lowest BCUT2D eigenvalue weighted by molar-refractivity contribution is -0.121. The number of carbonyl (C=O) groups excluding carboxylic acids is 1. The van der Waals surface area contributed by atoms with Gasteiger partial charge in [0.1, 0.15) is 0 Å². The smallest absolute Gasteiger partial charge is 0.234 e. The number of hydrogen-bond acceptors (Lipinski definition) is 2. The maximum Gasteiger partial charge on any atom is 0.234 e. The number of nitrogens with one attached hydrogen (secondary N) is 2. The minimum Gasteiger partial charge on any atom is -0.348 e. The van der Waals surface area contributed by atoms with Gasteiger partial charge in [0.25, 0.3) is 0 Å². The van der Waals surface area contributed by atoms with Gasteiger partial charge in [-0.2, -0.15) is 0 Å². The van der Waals surface area contributed by atoms with E-state index in [-0.39, 0.29) is 18.5 Å². The first-order chi connectivity index (χ1) is 9.58. The first-order valence-corrected chi connectivity index (χ1v) is 7.10. The van der Waals surface area contributed by atoms with Crippen LogP contribution in [0.3, 0.4) is 0 Å². The second-order valence-electron chi connectivity index (χ2n) is 5.19. The van der Waals surface area contributed by atoms with Gasteiger partial charge in [-0.05, 0) is 23.5 Å². The van der Waals surface area contributed by atoms with Crippen molar-refractivity contribution in [1.29, 1.82) is 0 Å². The molecule has 1 aromatic rings. The predicted octanol–water partition coefficient (Wildman–Crippen LogP) is 2.29. The van der Waals surface area contributed by atoms with E-state index in [2.05, 4.69) is 61.6 Å². The maximum absolute atomic E-state index is 11.9. The molecule has 1 rings (SSSR count). The fourth-order valence-electron chi connectivity index (χ4n) is 2.07. The molecule has 0 bridgehead atoms. The molecule has 108 valence electrons. The fourth-order valence-corrected chi connectivity index (χ4v) is 2.07. The van der Waals surface area contributed by atoms with E-state index in [4.69, 9.17) is 6.42 Å². The van der Waals surface area contributed by atoms with Gasteiger partial charge in [0.15, 0.2) is 0 Å². The summed E-state index contributed by atoms with van der Waals surface area (Å²) in [6, 6.07) is 8.46. The molecule has 0 radical (unpaired) electrons. The lowest BCUT2D eigenvalue weighted by Crippen LogP contribution is -2.38. The summed E-state index contributed by atoms with van der Waals surface area (Å²) >= 11 is 0. The molecule has 1 aromatic carbocycles. The minimum absolute atomic E-state index is 0.0287. The second kappa shape index (κ2) is 8.39. The summed E-state index contributed by atoms with van der Waals surface area (Å²) in [6.45, 7) is 7.00. The largest absolute Gasteiger partial charge is 0.348 e. The van der Waals surface area contributed by atoms with Crippen molar-refractivity contribution in [2.24, 2.45) is 5.92 Å². The monoisotopic (exact) mass is 272 g/mol. The molecule has 0 saturated heterocycles. The fraction of sp³-hybridized carbons (Fsp3) is 0.471. The molecule has 0 fully saturated rings. The van der Waals surface area contributed by atoms with Gasteiger partial charge in [-0.15, -0.1) is 6.42 Å². The molecule has 20 heavy (non-hydrogen) atoms. The van der Waals surface area contributed by atoms with E-state index in [9.17, 15) is 4.79 Å². The van der Waals surface area contributed by atoms with Gasteiger partial charge in [-0.3, -0.25) is 10.1 Å². The van der Waals surface area contributed by atoms with Crippen LogP contribution in [0.25, 0.3) is 0 Å². The molecule has 0 aromatic heterocycles. The van der Waals surface area contributed by atoms with Gasteiger partial charge >= 0.3 is 0 Å². The third kappa shape index (κ3) is 5.07. The summed E-state index contributed by atoms with van der Waals surface area (Å²) < 4.78 is 0. The minimum atomic E-state index is -0.0291. The van der Waals surface area contributed by atoms with E-state index in [0.717, 1.165) is 12.0 Å². The number of rotatable bonds is 7. The second-order valence-corrected chi connectivity index (χ2v) is 5.19. The van der Waals surface area contributed by atoms with E-state index >= 15 is 0 Å². The molecule has 3 nitrogen and oxygen atoms in total. The van der Waals surface area contributed by atoms with Crippen molar-refractivity contribution in [3.05, 3.63) is 35.4 Å². The third-order valence-corrected chi connectivity index (χ3v) is 3.24. The molecule has 3 heteroatoms. The highest BCUT2D eigenvalue weighted by molar-refractivity contribution is 5.78. The van der Waals surface area contributed by atoms with Crippen LogP contribution in [-0.4, -0.2) is 19.0 Å². The van der Waals surface area contributed by atoms with Crippen LogP contribution in [0.5, 0.6) is 0 Å². The molecule has 1 atom stereocenters. The molecule has 0 spiro atoms. The summed E-state index contributed by atoms with van der Waals surface area (Å²) in [5.41, 5.74) is 2.45. The maximum atomic E-state index is 11.9. The average molecular weight is 272 g/mol. The number of carbonyl (C=O) groups is 1. The number of amides is 1. The van der Waals surface area contributed by atoms with Crippen LogP contribution < -0.4 is 10.6 Å². The standard InChI is InChI=1S/C17H24N2O/c1-5-11-18-12-16(20)19-17(13(3)4)15-9-7-14(6-2)8-10-15/h1,7-10,13,17-18H,6,11-12H2,2-4H3,(H,19,20). The zero-order valence-corrected chi connectivity index (χ0v) is 12.6. The molecular weight excluding hydrogens is 248 g/mol. The first-order valence-electron chi connectivity index (χ1n) is 7.10. The first kappa shape index (κ1) is 16.3. The van der Waals surface area contributed by atoms with Gasteiger partial charge in [-0.25, -0.2) is 0 Å². The predicted molar refractivity (Wildman–Crippen MR) is 83.2 cm³/mol. The summed E-state index contributed by atoms with van der Waals surface area (Å²) in [7, 11) is 0. The molecular formula is C17H24N2O. The van der Waals surface area contributed by atoms with Gasteiger partial charge in [-0.1, -0.05) is 51.0 Å². The van der Waals surface area contributed by atoms with Gasteiger partial charge < -0.3 is 5.32 Å². The Labute approximate surface area is 122 Å². The van der Waals surface area contributed by atoms with Crippen molar-refractivity contribution in [3.8, 4) is 12.3 Å². The Morgan fingerprint density at radius 1 is 1.30 bits per heavy atom. The normalized spacial score (nSPS) is 11.9.